The third-order valence-electron chi connectivity index (χ3n) is 5.84. The smallest absolute Gasteiger partial charge is 0.416 e. The highest BCUT2D eigenvalue weighted by Gasteiger charge is 2.30. The number of ether oxygens (including phenoxy) is 2. The molecule has 0 saturated heterocycles. The maximum absolute atomic E-state index is 13.4. The van der Waals surface area contributed by atoms with E-state index in [-0.39, 0.29) is 29.5 Å². The summed E-state index contributed by atoms with van der Waals surface area (Å²) in [4.78, 5) is 21.8. The van der Waals surface area contributed by atoms with E-state index >= 15 is 0 Å². The minimum Gasteiger partial charge on any atom is -0.438 e. The van der Waals surface area contributed by atoms with Crippen molar-refractivity contribution in [3.8, 4) is 11.6 Å². The van der Waals surface area contributed by atoms with Crippen LogP contribution in [0.4, 0.5) is 18.9 Å². The second-order valence-corrected chi connectivity index (χ2v) is 8.62. The lowest BCUT2D eigenvalue weighted by atomic mass is 10.0. The highest BCUT2D eigenvalue weighted by Crippen LogP contribution is 2.33. The lowest BCUT2D eigenvalue weighted by Crippen LogP contribution is -2.15. The second kappa shape index (κ2) is 11.3. The van der Waals surface area contributed by atoms with Crippen molar-refractivity contribution < 1.29 is 27.4 Å². The second-order valence-electron chi connectivity index (χ2n) is 8.62. The maximum Gasteiger partial charge on any atom is 0.416 e. The summed E-state index contributed by atoms with van der Waals surface area (Å²) in [7, 11) is 0. The number of aromatic nitrogens is 2. The van der Waals surface area contributed by atoms with E-state index in [9.17, 15) is 18.0 Å². The van der Waals surface area contributed by atoms with Crippen LogP contribution in [0.1, 0.15) is 27.2 Å². The first kappa shape index (κ1) is 25.9. The van der Waals surface area contributed by atoms with Crippen LogP contribution in [0.5, 0.6) is 11.6 Å². The summed E-state index contributed by atoms with van der Waals surface area (Å²) in [6.07, 6.45) is -3.20. The molecule has 1 aromatic heterocycles. The van der Waals surface area contributed by atoms with Crippen molar-refractivity contribution in [3.63, 3.8) is 0 Å². The minimum atomic E-state index is -4.54. The lowest BCUT2D eigenvalue weighted by Gasteiger charge is -2.15. The van der Waals surface area contributed by atoms with Gasteiger partial charge in [-0.25, -0.2) is 9.97 Å². The number of alkyl halides is 3. The Hall–Kier alpha value is -4.76. The number of nitrogens with one attached hydrogen (secondary N) is 1. The quantitative estimate of drug-likeness (QED) is 0.227. The molecule has 1 N–H and O–H groups in total. The number of anilines is 1. The van der Waals surface area contributed by atoms with E-state index in [1.54, 1.807) is 30.3 Å². The molecule has 1 heterocycles. The molecule has 1 amide bonds. The molecule has 6 nitrogen and oxygen atoms in total. The van der Waals surface area contributed by atoms with E-state index in [1.807, 2.05) is 42.5 Å². The van der Waals surface area contributed by atoms with E-state index < -0.39 is 17.6 Å². The largest absolute Gasteiger partial charge is 0.438 e. The van der Waals surface area contributed by atoms with E-state index in [1.165, 1.54) is 18.5 Å². The first-order chi connectivity index (χ1) is 18.9. The van der Waals surface area contributed by atoms with Crippen LogP contribution >= 0.6 is 0 Å². The molecule has 0 saturated carbocycles. The van der Waals surface area contributed by atoms with Gasteiger partial charge in [-0.2, -0.15) is 13.2 Å². The molecule has 4 aromatic carbocycles. The fourth-order valence-electron chi connectivity index (χ4n) is 4.01. The van der Waals surface area contributed by atoms with Crippen molar-refractivity contribution in [3.05, 3.63) is 126 Å². The average Bonchev–Trinajstić information content (AvgIpc) is 2.93. The van der Waals surface area contributed by atoms with Crippen molar-refractivity contribution in [1.29, 1.82) is 0 Å². The summed E-state index contributed by atoms with van der Waals surface area (Å²) < 4.78 is 51.3. The monoisotopic (exact) mass is 529 g/mol. The van der Waals surface area contributed by atoms with E-state index in [4.69, 9.17) is 9.47 Å². The molecule has 5 aromatic rings. The Morgan fingerprint density at radius 1 is 0.821 bits per heavy atom. The number of hydrogen-bond acceptors (Lipinski definition) is 5. The number of nitrogens with zero attached hydrogens (tertiary/aromatic N) is 2. The lowest BCUT2D eigenvalue weighted by molar-refractivity contribution is -0.137. The van der Waals surface area contributed by atoms with Gasteiger partial charge >= 0.3 is 6.18 Å². The Morgan fingerprint density at radius 2 is 1.62 bits per heavy atom. The zero-order valence-corrected chi connectivity index (χ0v) is 20.5. The molecule has 0 radical (unpaired) electrons. The Kier molecular flexibility index (Phi) is 7.51. The molecule has 9 heteroatoms. The summed E-state index contributed by atoms with van der Waals surface area (Å²) in [5, 5.41) is 3.90. The van der Waals surface area contributed by atoms with Gasteiger partial charge < -0.3 is 14.8 Å². The first-order valence-corrected chi connectivity index (χ1v) is 12.0. The third-order valence-corrected chi connectivity index (χ3v) is 5.84. The van der Waals surface area contributed by atoms with Crippen molar-refractivity contribution in [2.45, 2.75) is 19.4 Å². The predicted molar refractivity (Wildman–Crippen MR) is 140 cm³/mol. The molecular weight excluding hydrogens is 507 g/mol. The van der Waals surface area contributed by atoms with Gasteiger partial charge in [-0.3, -0.25) is 4.79 Å². The number of rotatable bonds is 8. The normalized spacial score (nSPS) is 11.4. The van der Waals surface area contributed by atoms with Crippen molar-refractivity contribution in [2.24, 2.45) is 0 Å². The molecule has 0 aliphatic carbocycles. The van der Waals surface area contributed by atoms with Crippen LogP contribution in [-0.2, 0) is 24.1 Å². The molecule has 0 unspecified atom stereocenters. The first-order valence-electron chi connectivity index (χ1n) is 12.0. The summed E-state index contributed by atoms with van der Waals surface area (Å²) in [6.45, 7) is 0.625. The van der Waals surface area contributed by atoms with Crippen LogP contribution in [0.2, 0.25) is 0 Å². The summed E-state index contributed by atoms with van der Waals surface area (Å²) in [6, 6.07) is 26.3. The molecule has 0 aliphatic rings. The van der Waals surface area contributed by atoms with Crippen LogP contribution in [0, 0.1) is 0 Å². The zero-order chi connectivity index (χ0) is 27.2. The molecule has 5 rings (SSSR count). The van der Waals surface area contributed by atoms with Crippen LogP contribution < -0.4 is 10.1 Å². The van der Waals surface area contributed by atoms with Crippen LogP contribution in [0.3, 0.4) is 0 Å². The third kappa shape index (κ3) is 6.39. The molecule has 0 fully saturated rings. The molecule has 39 heavy (non-hydrogen) atoms. The number of hydrogen-bond donors (Lipinski definition) is 1. The van der Waals surface area contributed by atoms with Gasteiger partial charge in [0.2, 0.25) is 5.88 Å². The number of carbonyl (C=O) groups is 1. The summed E-state index contributed by atoms with van der Waals surface area (Å²) in [5.74, 6) is -0.249. The Balaban J connectivity index is 1.39. The maximum atomic E-state index is 13.4. The van der Waals surface area contributed by atoms with Gasteiger partial charge in [0.15, 0.2) is 0 Å². The molecule has 0 atom stereocenters. The summed E-state index contributed by atoms with van der Waals surface area (Å²) in [5.41, 5.74) is 0.902. The van der Waals surface area contributed by atoms with Crippen molar-refractivity contribution >= 4 is 22.4 Å². The fraction of sp³-hybridized carbons (Fsp3) is 0.100. The Morgan fingerprint density at radius 3 is 2.44 bits per heavy atom. The van der Waals surface area contributed by atoms with Gasteiger partial charge in [-0.05, 0) is 40.6 Å². The number of carbonyl (C=O) groups excluding carboxylic acids is 1. The number of amides is 1. The van der Waals surface area contributed by atoms with E-state index in [2.05, 4.69) is 15.3 Å². The number of halogens is 3. The van der Waals surface area contributed by atoms with E-state index in [0.29, 0.717) is 17.7 Å². The van der Waals surface area contributed by atoms with Crippen molar-refractivity contribution in [2.75, 3.05) is 5.32 Å². The highest BCUT2D eigenvalue weighted by molar-refractivity contribution is 6.15. The molecule has 0 bridgehead atoms. The molecule has 196 valence electrons. The molecular formula is C30H22F3N3O3. The number of benzene rings is 4. The van der Waals surface area contributed by atoms with Gasteiger partial charge in [0.05, 0.1) is 30.0 Å². The van der Waals surface area contributed by atoms with Gasteiger partial charge in [0.25, 0.3) is 5.91 Å². The minimum absolute atomic E-state index is 0.00796. The van der Waals surface area contributed by atoms with Gasteiger partial charge in [-0.15, -0.1) is 0 Å². The van der Waals surface area contributed by atoms with Crippen LogP contribution in [0.25, 0.3) is 10.8 Å². The van der Waals surface area contributed by atoms with Crippen LogP contribution in [-0.4, -0.2) is 15.9 Å². The van der Waals surface area contributed by atoms with Gasteiger partial charge in [0.1, 0.15) is 12.1 Å². The fourth-order valence-corrected chi connectivity index (χ4v) is 4.01. The van der Waals surface area contributed by atoms with Crippen molar-refractivity contribution in [1.82, 2.24) is 9.97 Å². The zero-order valence-electron chi connectivity index (χ0n) is 20.5. The number of fused-ring (bicyclic) bond motifs is 1. The standard InChI is InChI=1S/C30H22F3N3O3/c31-30(32,33)22-10-6-11-23(15-22)36-29(37)28-25-12-5-4-9-21(25)13-14-26(28)39-27-16-24(34-19-35-27)18-38-17-20-7-2-1-3-8-20/h1-16,19H,17-18H2,(H,36,37). The average molecular weight is 530 g/mol. The Labute approximate surface area is 222 Å². The molecule has 0 aliphatic heterocycles. The van der Waals surface area contributed by atoms with Gasteiger partial charge in [0, 0.05) is 11.8 Å². The summed E-state index contributed by atoms with van der Waals surface area (Å²) >= 11 is 0. The van der Waals surface area contributed by atoms with Crippen LogP contribution in [0.15, 0.2) is 103 Å². The highest BCUT2D eigenvalue weighted by atomic mass is 19.4. The Bertz CT molecular complexity index is 1610. The topological polar surface area (TPSA) is 73.3 Å². The predicted octanol–water partition coefficient (Wildman–Crippen LogP) is 7.41. The molecule has 0 spiro atoms. The van der Waals surface area contributed by atoms with Gasteiger partial charge in [-0.1, -0.05) is 66.7 Å². The SMILES string of the molecule is O=C(Nc1cccc(C(F)(F)F)c1)c1c(Oc2cc(COCc3ccccc3)ncn2)ccc2ccccc12. The van der Waals surface area contributed by atoms with E-state index in [0.717, 1.165) is 23.1 Å².